The SMILES string of the molecule is Cc1cc(=O)n(C(C)CC2CC2)c(C)c1C(=O)O. The molecule has 0 bridgehead atoms. The lowest BCUT2D eigenvalue weighted by Gasteiger charge is -2.20. The summed E-state index contributed by atoms with van der Waals surface area (Å²) in [6, 6.07) is 1.50. The lowest BCUT2D eigenvalue weighted by molar-refractivity contribution is 0.0694. The molecule has 98 valence electrons. The topological polar surface area (TPSA) is 59.3 Å². The lowest BCUT2D eigenvalue weighted by Crippen LogP contribution is -2.28. The monoisotopic (exact) mass is 249 g/mol. The molecule has 1 heterocycles. The number of hydrogen-bond acceptors (Lipinski definition) is 2. The molecule has 0 spiro atoms. The maximum Gasteiger partial charge on any atom is 0.337 e. The van der Waals surface area contributed by atoms with Crippen LogP contribution in [0.5, 0.6) is 0 Å². The molecule has 1 fully saturated rings. The van der Waals surface area contributed by atoms with Crippen molar-refractivity contribution in [1.29, 1.82) is 0 Å². The molecule has 0 radical (unpaired) electrons. The molecule has 2 rings (SSSR count). The van der Waals surface area contributed by atoms with Crippen molar-refractivity contribution in [3.63, 3.8) is 0 Å². The minimum absolute atomic E-state index is 0.0729. The number of carboxylic acids is 1. The van der Waals surface area contributed by atoms with Crippen LogP contribution in [0.2, 0.25) is 0 Å². The molecule has 0 amide bonds. The number of aryl methyl sites for hydroxylation is 1. The van der Waals surface area contributed by atoms with Gasteiger partial charge in [-0.1, -0.05) is 12.8 Å². The van der Waals surface area contributed by atoms with Crippen molar-refractivity contribution in [2.24, 2.45) is 5.92 Å². The van der Waals surface area contributed by atoms with Crippen molar-refractivity contribution in [3.05, 3.63) is 33.2 Å². The highest BCUT2D eigenvalue weighted by molar-refractivity contribution is 5.90. The fourth-order valence-corrected chi connectivity index (χ4v) is 2.71. The molecule has 1 unspecified atom stereocenters. The van der Waals surface area contributed by atoms with Crippen molar-refractivity contribution < 1.29 is 9.90 Å². The van der Waals surface area contributed by atoms with E-state index in [0.29, 0.717) is 17.2 Å². The van der Waals surface area contributed by atoms with Crippen molar-refractivity contribution >= 4 is 5.97 Å². The van der Waals surface area contributed by atoms with Gasteiger partial charge in [0.2, 0.25) is 0 Å². The highest BCUT2D eigenvalue weighted by Crippen LogP contribution is 2.36. The van der Waals surface area contributed by atoms with Gasteiger partial charge in [-0.05, 0) is 38.7 Å². The van der Waals surface area contributed by atoms with Gasteiger partial charge in [-0.15, -0.1) is 0 Å². The second kappa shape index (κ2) is 4.59. The first-order valence-electron chi connectivity index (χ1n) is 6.37. The molecule has 1 N–H and O–H groups in total. The summed E-state index contributed by atoms with van der Waals surface area (Å²) in [5.41, 5.74) is 1.28. The Morgan fingerprint density at radius 2 is 2.11 bits per heavy atom. The quantitative estimate of drug-likeness (QED) is 0.892. The van der Waals surface area contributed by atoms with E-state index in [-0.39, 0.29) is 17.2 Å². The van der Waals surface area contributed by atoms with Crippen LogP contribution in [0.25, 0.3) is 0 Å². The Hall–Kier alpha value is -1.58. The number of carboxylic acid groups (broad SMARTS) is 1. The van der Waals surface area contributed by atoms with Crippen molar-refractivity contribution in [3.8, 4) is 0 Å². The number of pyridine rings is 1. The van der Waals surface area contributed by atoms with E-state index in [9.17, 15) is 14.7 Å². The van der Waals surface area contributed by atoms with E-state index < -0.39 is 5.97 Å². The third-order valence-electron chi connectivity index (χ3n) is 3.72. The van der Waals surface area contributed by atoms with Crippen LogP contribution in [0.1, 0.15) is 53.8 Å². The molecule has 4 nitrogen and oxygen atoms in total. The van der Waals surface area contributed by atoms with Gasteiger partial charge in [0.05, 0.1) is 5.56 Å². The summed E-state index contributed by atoms with van der Waals surface area (Å²) in [5.74, 6) is -0.252. The van der Waals surface area contributed by atoms with E-state index in [0.717, 1.165) is 6.42 Å². The highest BCUT2D eigenvalue weighted by Gasteiger charge is 2.26. The molecule has 18 heavy (non-hydrogen) atoms. The van der Waals surface area contributed by atoms with Crippen molar-refractivity contribution in [1.82, 2.24) is 4.57 Å². The molecule has 1 atom stereocenters. The Morgan fingerprint density at radius 1 is 1.50 bits per heavy atom. The van der Waals surface area contributed by atoms with Gasteiger partial charge in [0.25, 0.3) is 5.56 Å². The molecule has 1 aromatic rings. The zero-order valence-electron chi connectivity index (χ0n) is 11.1. The van der Waals surface area contributed by atoms with Crippen LogP contribution >= 0.6 is 0 Å². The molecular formula is C14H19NO3. The zero-order valence-corrected chi connectivity index (χ0v) is 11.1. The predicted molar refractivity (Wildman–Crippen MR) is 69.2 cm³/mol. The molecule has 1 aromatic heterocycles. The summed E-state index contributed by atoms with van der Waals surface area (Å²) in [6.45, 7) is 5.39. The van der Waals surface area contributed by atoms with Gasteiger partial charge in [0.15, 0.2) is 0 Å². The third-order valence-corrected chi connectivity index (χ3v) is 3.72. The van der Waals surface area contributed by atoms with E-state index in [2.05, 4.69) is 0 Å². The largest absolute Gasteiger partial charge is 0.478 e. The first-order valence-corrected chi connectivity index (χ1v) is 6.37. The zero-order chi connectivity index (χ0) is 13.4. The maximum atomic E-state index is 12.0. The molecule has 1 aliphatic carbocycles. The van der Waals surface area contributed by atoms with Gasteiger partial charge in [0, 0.05) is 17.8 Å². The fourth-order valence-electron chi connectivity index (χ4n) is 2.71. The minimum atomic E-state index is -0.961. The Morgan fingerprint density at radius 3 is 2.61 bits per heavy atom. The molecule has 0 aromatic carbocycles. The summed E-state index contributed by atoms with van der Waals surface area (Å²) >= 11 is 0. The second-order valence-corrected chi connectivity index (χ2v) is 5.33. The van der Waals surface area contributed by atoms with E-state index in [4.69, 9.17) is 0 Å². The minimum Gasteiger partial charge on any atom is -0.478 e. The van der Waals surface area contributed by atoms with Gasteiger partial charge >= 0.3 is 5.97 Å². The smallest absolute Gasteiger partial charge is 0.337 e. The Balaban J connectivity index is 2.48. The summed E-state index contributed by atoms with van der Waals surface area (Å²) in [6.07, 6.45) is 3.43. The molecule has 4 heteroatoms. The van der Waals surface area contributed by atoms with Crippen molar-refractivity contribution in [2.75, 3.05) is 0 Å². The van der Waals surface area contributed by atoms with Crippen molar-refractivity contribution in [2.45, 2.75) is 46.1 Å². The average Bonchev–Trinajstić information content (AvgIpc) is 2.99. The van der Waals surface area contributed by atoms with Crippen LogP contribution in [-0.2, 0) is 0 Å². The van der Waals surface area contributed by atoms with Crippen LogP contribution in [-0.4, -0.2) is 15.6 Å². The Bertz CT molecular complexity index is 541. The number of rotatable bonds is 4. The van der Waals surface area contributed by atoms with Gasteiger partial charge < -0.3 is 9.67 Å². The Kier molecular flexibility index (Phi) is 3.28. The average molecular weight is 249 g/mol. The maximum absolute atomic E-state index is 12.0. The number of hydrogen-bond donors (Lipinski definition) is 1. The van der Waals surface area contributed by atoms with Gasteiger partial charge in [-0.25, -0.2) is 4.79 Å². The van der Waals surface area contributed by atoms with Crippen LogP contribution in [0.3, 0.4) is 0 Å². The highest BCUT2D eigenvalue weighted by atomic mass is 16.4. The molecule has 1 aliphatic rings. The van der Waals surface area contributed by atoms with Gasteiger partial charge in [-0.3, -0.25) is 4.79 Å². The number of carbonyl (C=O) groups is 1. The number of nitrogens with zero attached hydrogens (tertiary/aromatic N) is 1. The Labute approximate surface area is 106 Å². The predicted octanol–water partition coefficient (Wildman–Crippen LogP) is 2.52. The van der Waals surface area contributed by atoms with Crippen LogP contribution in [0.15, 0.2) is 10.9 Å². The summed E-state index contributed by atoms with van der Waals surface area (Å²) in [7, 11) is 0. The molecule has 0 saturated heterocycles. The van der Waals surface area contributed by atoms with E-state index in [1.165, 1.54) is 18.9 Å². The van der Waals surface area contributed by atoms with E-state index >= 15 is 0 Å². The standard InChI is InChI=1S/C14H19NO3/c1-8-6-12(16)15(9(2)7-11-4-5-11)10(3)13(8)14(17)18/h6,9,11H,4-5,7H2,1-3H3,(H,17,18). The number of aromatic nitrogens is 1. The normalized spacial score (nSPS) is 16.6. The summed E-state index contributed by atoms with van der Waals surface area (Å²) in [4.78, 5) is 23.3. The van der Waals surface area contributed by atoms with Crippen LogP contribution < -0.4 is 5.56 Å². The molecule has 1 saturated carbocycles. The van der Waals surface area contributed by atoms with Gasteiger partial charge in [0.1, 0.15) is 0 Å². The number of aromatic carboxylic acids is 1. The summed E-state index contributed by atoms with van der Waals surface area (Å²) < 4.78 is 1.63. The van der Waals surface area contributed by atoms with Crippen LogP contribution in [0, 0.1) is 19.8 Å². The third kappa shape index (κ3) is 2.33. The van der Waals surface area contributed by atoms with E-state index in [1.807, 2.05) is 6.92 Å². The first-order chi connectivity index (χ1) is 8.41. The fraction of sp³-hybridized carbons (Fsp3) is 0.571. The van der Waals surface area contributed by atoms with Gasteiger partial charge in [-0.2, -0.15) is 0 Å². The molecule has 0 aliphatic heterocycles. The van der Waals surface area contributed by atoms with Crippen LogP contribution in [0.4, 0.5) is 0 Å². The second-order valence-electron chi connectivity index (χ2n) is 5.33. The molecular weight excluding hydrogens is 230 g/mol. The first kappa shape index (κ1) is 12.9. The lowest BCUT2D eigenvalue weighted by atomic mass is 10.1. The van der Waals surface area contributed by atoms with E-state index in [1.54, 1.807) is 18.4 Å². The summed E-state index contributed by atoms with van der Waals surface area (Å²) in [5, 5.41) is 9.22.